The van der Waals surface area contributed by atoms with Crippen molar-refractivity contribution in [3.8, 4) is 9.75 Å². The molecule has 2 aromatic heterocycles. The largest absolute Gasteiger partial charge is 0.305 e. The third kappa shape index (κ3) is 3.23. The van der Waals surface area contributed by atoms with Gasteiger partial charge in [0, 0.05) is 19.5 Å². The molecule has 0 atom stereocenters. The van der Waals surface area contributed by atoms with Gasteiger partial charge in [-0.1, -0.05) is 0 Å². The fraction of sp³-hybridized carbons (Fsp3) is 0.250. The number of hydroxylamine groups is 1. The summed E-state index contributed by atoms with van der Waals surface area (Å²) in [7, 11) is 1.63. The summed E-state index contributed by atoms with van der Waals surface area (Å²) in [5.74, 6) is 0. The molecule has 2 heterocycles. The highest BCUT2D eigenvalue weighted by molar-refractivity contribution is 7.22. The van der Waals surface area contributed by atoms with Crippen LogP contribution >= 0.6 is 22.7 Å². The van der Waals surface area contributed by atoms with Crippen molar-refractivity contribution in [1.29, 1.82) is 0 Å². The van der Waals surface area contributed by atoms with Gasteiger partial charge in [0.2, 0.25) is 0 Å². The van der Waals surface area contributed by atoms with Gasteiger partial charge in [0.1, 0.15) is 0 Å². The van der Waals surface area contributed by atoms with Crippen molar-refractivity contribution >= 4 is 29.4 Å². The first-order chi connectivity index (χ1) is 8.33. The predicted molar refractivity (Wildman–Crippen MR) is 74.7 cm³/mol. The van der Waals surface area contributed by atoms with Crippen molar-refractivity contribution in [2.75, 3.05) is 7.11 Å². The summed E-state index contributed by atoms with van der Waals surface area (Å²) >= 11 is 3.55. The van der Waals surface area contributed by atoms with E-state index < -0.39 is 0 Å². The van der Waals surface area contributed by atoms with Crippen LogP contribution in [-0.2, 0) is 17.9 Å². The minimum Gasteiger partial charge on any atom is -0.305 e. The van der Waals surface area contributed by atoms with Gasteiger partial charge in [0.05, 0.1) is 20.2 Å². The Morgan fingerprint density at radius 3 is 2.47 bits per heavy atom. The second kappa shape index (κ2) is 6.07. The molecule has 0 saturated carbocycles. The summed E-state index contributed by atoms with van der Waals surface area (Å²) in [6.07, 6.45) is 0. The van der Waals surface area contributed by atoms with Crippen molar-refractivity contribution in [1.82, 2.24) is 5.48 Å². The third-order valence-electron chi connectivity index (χ3n) is 2.22. The lowest BCUT2D eigenvalue weighted by Crippen LogP contribution is -2.09. The third-order valence-corrected chi connectivity index (χ3v) is 4.58. The number of nitrogens with one attached hydrogen (secondary N) is 1. The smallest absolute Gasteiger partial charge is 0.0725 e. The highest BCUT2D eigenvalue weighted by Gasteiger charge is 2.05. The average Bonchev–Trinajstić information content (AvgIpc) is 2.95. The highest BCUT2D eigenvalue weighted by Crippen LogP contribution is 2.33. The van der Waals surface area contributed by atoms with Crippen LogP contribution in [0.3, 0.4) is 0 Å². The van der Waals surface area contributed by atoms with E-state index in [-0.39, 0.29) is 0 Å². The van der Waals surface area contributed by atoms with Gasteiger partial charge in [0.15, 0.2) is 0 Å². The number of hydrogen-bond donors (Lipinski definition) is 1. The van der Waals surface area contributed by atoms with Gasteiger partial charge in [0.25, 0.3) is 0 Å². The topological polar surface area (TPSA) is 33.6 Å². The lowest BCUT2D eigenvalue weighted by atomic mass is 10.3. The first-order valence-electron chi connectivity index (χ1n) is 5.19. The summed E-state index contributed by atoms with van der Waals surface area (Å²) < 4.78 is 0. The Morgan fingerprint density at radius 1 is 1.18 bits per heavy atom. The molecule has 5 heteroatoms. The highest BCUT2D eigenvalue weighted by atomic mass is 32.1. The van der Waals surface area contributed by atoms with Crippen molar-refractivity contribution < 1.29 is 4.84 Å². The van der Waals surface area contributed by atoms with E-state index in [9.17, 15) is 0 Å². The summed E-state index contributed by atoms with van der Waals surface area (Å²) in [5, 5.41) is 0. The van der Waals surface area contributed by atoms with E-state index in [1.807, 2.05) is 0 Å². The number of rotatable bonds is 6. The van der Waals surface area contributed by atoms with E-state index in [0.717, 1.165) is 6.54 Å². The minimum atomic E-state index is 0.703. The molecule has 0 unspecified atom stereocenters. The monoisotopic (exact) mass is 266 g/mol. The van der Waals surface area contributed by atoms with E-state index in [0.29, 0.717) is 6.54 Å². The van der Waals surface area contributed by atoms with Crippen LogP contribution in [0.15, 0.2) is 29.3 Å². The molecule has 0 saturated heterocycles. The molecule has 0 aliphatic heterocycles. The van der Waals surface area contributed by atoms with Gasteiger partial charge in [-0.2, -0.15) is 5.48 Å². The van der Waals surface area contributed by atoms with Crippen LogP contribution in [0.1, 0.15) is 9.75 Å². The Balaban J connectivity index is 2.09. The Bertz CT molecular complexity index is 490. The lowest BCUT2D eigenvalue weighted by molar-refractivity contribution is 0.0874. The van der Waals surface area contributed by atoms with E-state index in [4.69, 9.17) is 4.84 Å². The number of aliphatic imine (C=N–C) groups is 1. The molecule has 0 radical (unpaired) electrons. The van der Waals surface area contributed by atoms with E-state index in [2.05, 4.69) is 41.5 Å². The van der Waals surface area contributed by atoms with Gasteiger partial charge in [-0.05, 0) is 31.0 Å². The maximum absolute atomic E-state index is 4.84. The Kier molecular flexibility index (Phi) is 4.44. The molecule has 0 aromatic carbocycles. The maximum Gasteiger partial charge on any atom is 0.0725 e. The summed E-state index contributed by atoms with van der Waals surface area (Å²) in [4.78, 5) is 13.8. The first-order valence-corrected chi connectivity index (χ1v) is 6.83. The SMILES string of the molecule is C=NCc1ccc(-c2ccc(CNOC)s2)s1. The summed E-state index contributed by atoms with van der Waals surface area (Å²) in [5.41, 5.74) is 2.85. The molecule has 0 aliphatic carbocycles. The van der Waals surface area contributed by atoms with Gasteiger partial charge < -0.3 is 4.84 Å². The zero-order chi connectivity index (χ0) is 12.1. The maximum atomic E-state index is 4.84. The summed E-state index contributed by atoms with van der Waals surface area (Å²) in [6.45, 7) is 4.96. The molecule has 0 spiro atoms. The van der Waals surface area contributed by atoms with Crippen molar-refractivity contribution in [3.63, 3.8) is 0 Å². The Labute approximate surface area is 109 Å². The summed E-state index contributed by atoms with van der Waals surface area (Å²) in [6, 6.07) is 8.53. The number of thiophene rings is 2. The fourth-order valence-electron chi connectivity index (χ4n) is 1.45. The Hall–Kier alpha value is -1.01. The molecule has 2 aromatic rings. The zero-order valence-electron chi connectivity index (χ0n) is 9.60. The van der Waals surface area contributed by atoms with Crippen LogP contribution in [0, 0.1) is 0 Å². The molecule has 0 bridgehead atoms. The van der Waals surface area contributed by atoms with Crippen LogP contribution in [0.5, 0.6) is 0 Å². The lowest BCUT2D eigenvalue weighted by Gasteiger charge is -1.96. The number of hydrogen-bond acceptors (Lipinski definition) is 5. The van der Waals surface area contributed by atoms with Gasteiger partial charge in [-0.15, -0.1) is 22.7 Å². The fourth-order valence-corrected chi connectivity index (χ4v) is 3.44. The average molecular weight is 266 g/mol. The molecule has 2 rings (SSSR count). The van der Waals surface area contributed by atoms with Crippen molar-refractivity contribution in [2.24, 2.45) is 4.99 Å². The van der Waals surface area contributed by atoms with Crippen LogP contribution < -0.4 is 5.48 Å². The Morgan fingerprint density at radius 2 is 1.82 bits per heavy atom. The quantitative estimate of drug-likeness (QED) is 0.642. The van der Waals surface area contributed by atoms with Crippen molar-refractivity contribution in [2.45, 2.75) is 13.1 Å². The molecule has 0 fully saturated rings. The normalized spacial score (nSPS) is 10.6. The number of nitrogens with zero attached hydrogens (tertiary/aromatic N) is 1. The molecular formula is C12H14N2OS2. The minimum absolute atomic E-state index is 0.703. The second-order valence-electron chi connectivity index (χ2n) is 3.44. The van der Waals surface area contributed by atoms with E-state index in [1.165, 1.54) is 19.5 Å². The van der Waals surface area contributed by atoms with Gasteiger partial charge in [-0.3, -0.25) is 4.99 Å². The molecule has 0 aliphatic rings. The predicted octanol–water partition coefficient (Wildman–Crippen LogP) is 3.33. The van der Waals surface area contributed by atoms with Crippen LogP contribution in [-0.4, -0.2) is 13.8 Å². The zero-order valence-corrected chi connectivity index (χ0v) is 11.2. The standard InChI is InChI=1S/C12H14N2OS2/c1-13-7-9-3-5-11(16-9)12-6-4-10(17-12)8-14-15-2/h3-6,14H,1,7-8H2,2H3. The molecule has 90 valence electrons. The van der Waals surface area contributed by atoms with E-state index in [1.54, 1.807) is 29.8 Å². The van der Waals surface area contributed by atoms with Crippen LogP contribution in [0.4, 0.5) is 0 Å². The molecule has 1 N–H and O–H groups in total. The van der Waals surface area contributed by atoms with Gasteiger partial charge >= 0.3 is 0 Å². The molecule has 0 amide bonds. The second-order valence-corrected chi connectivity index (χ2v) is 5.78. The van der Waals surface area contributed by atoms with Crippen LogP contribution in [0.2, 0.25) is 0 Å². The van der Waals surface area contributed by atoms with Crippen molar-refractivity contribution in [3.05, 3.63) is 34.0 Å². The molecular weight excluding hydrogens is 252 g/mol. The van der Waals surface area contributed by atoms with Crippen LogP contribution in [0.25, 0.3) is 9.75 Å². The van der Waals surface area contributed by atoms with E-state index >= 15 is 0 Å². The van der Waals surface area contributed by atoms with Gasteiger partial charge in [-0.25, -0.2) is 0 Å². The molecule has 3 nitrogen and oxygen atoms in total. The molecule has 17 heavy (non-hydrogen) atoms. The first kappa shape index (κ1) is 12.4.